The van der Waals surface area contributed by atoms with Crippen molar-refractivity contribution in [2.24, 2.45) is 5.92 Å². The third-order valence-corrected chi connectivity index (χ3v) is 4.21. The largest absolute Gasteiger partial charge is 0.497 e. The number of benzene rings is 1. The van der Waals surface area contributed by atoms with Crippen LogP contribution in [0.5, 0.6) is 5.75 Å². The molecule has 2 amide bonds. The maximum atomic E-state index is 12.5. The van der Waals surface area contributed by atoms with Crippen LogP contribution in [0.2, 0.25) is 0 Å². The number of nitrogens with zero attached hydrogens (tertiary/aromatic N) is 1. The number of hydrogen-bond acceptors (Lipinski definition) is 5. The summed E-state index contributed by atoms with van der Waals surface area (Å²) in [5.74, 6) is -1.33. The number of hydrogen-bond donors (Lipinski definition) is 3. The van der Waals surface area contributed by atoms with Gasteiger partial charge in [-0.05, 0) is 37.5 Å². The molecule has 0 aliphatic rings. The van der Waals surface area contributed by atoms with E-state index >= 15 is 0 Å². The van der Waals surface area contributed by atoms with Crippen LogP contribution < -0.4 is 15.4 Å². The van der Waals surface area contributed by atoms with Gasteiger partial charge in [0, 0.05) is 11.5 Å². The van der Waals surface area contributed by atoms with E-state index in [0.29, 0.717) is 28.9 Å². The summed E-state index contributed by atoms with van der Waals surface area (Å²) in [6.45, 7) is 5.13. The number of carbonyl (C=O) groups excluding carboxylic acids is 2. The number of ether oxygens (including phenoxy) is 1. The standard InChI is InChI=1S/C20H25N3O5/c1-11(2)7-17(20(26)27)23-18(24)10-21-19(25)15-8-13-5-6-14(28-4)9-16(13)22-12(15)3/h5-6,8-9,11,17H,7,10H2,1-4H3,(H,21,25)(H,23,24)(H,26,27)/t17-/m0/s1. The average molecular weight is 387 g/mol. The highest BCUT2D eigenvalue weighted by atomic mass is 16.5. The number of rotatable bonds is 8. The first-order chi connectivity index (χ1) is 13.2. The van der Waals surface area contributed by atoms with E-state index in [2.05, 4.69) is 15.6 Å². The number of fused-ring (bicyclic) bond motifs is 1. The van der Waals surface area contributed by atoms with Gasteiger partial charge in [-0.3, -0.25) is 14.6 Å². The van der Waals surface area contributed by atoms with Crippen LogP contribution in [0, 0.1) is 12.8 Å². The molecular formula is C20H25N3O5. The molecule has 1 aromatic heterocycles. The molecule has 2 aromatic rings. The fourth-order valence-electron chi connectivity index (χ4n) is 2.79. The summed E-state index contributed by atoms with van der Waals surface area (Å²) in [6, 6.07) is 6.06. The van der Waals surface area contributed by atoms with Crippen LogP contribution in [0.25, 0.3) is 10.9 Å². The number of methoxy groups -OCH3 is 1. The number of carboxylic acids is 1. The van der Waals surface area contributed by atoms with Crippen LogP contribution in [0.4, 0.5) is 0 Å². The Kier molecular flexibility index (Phi) is 6.92. The maximum Gasteiger partial charge on any atom is 0.326 e. The molecule has 0 unspecified atom stereocenters. The van der Waals surface area contributed by atoms with Crippen LogP contribution in [0.1, 0.15) is 36.3 Å². The molecular weight excluding hydrogens is 362 g/mol. The first-order valence-corrected chi connectivity index (χ1v) is 8.97. The van der Waals surface area contributed by atoms with Crippen LogP contribution in [0.15, 0.2) is 24.3 Å². The quantitative estimate of drug-likeness (QED) is 0.637. The summed E-state index contributed by atoms with van der Waals surface area (Å²) in [6.07, 6.45) is 0.312. The fraction of sp³-hybridized carbons (Fsp3) is 0.400. The van der Waals surface area contributed by atoms with E-state index in [-0.39, 0.29) is 12.5 Å². The zero-order valence-corrected chi connectivity index (χ0v) is 16.4. The Balaban J connectivity index is 2.05. The van der Waals surface area contributed by atoms with Crippen LogP contribution in [0.3, 0.4) is 0 Å². The fourth-order valence-corrected chi connectivity index (χ4v) is 2.79. The number of carboxylic acid groups (broad SMARTS) is 1. The molecule has 0 saturated heterocycles. The van der Waals surface area contributed by atoms with Gasteiger partial charge in [0.25, 0.3) is 5.91 Å². The minimum absolute atomic E-state index is 0.112. The summed E-state index contributed by atoms with van der Waals surface area (Å²) >= 11 is 0. The Morgan fingerprint density at radius 3 is 2.54 bits per heavy atom. The van der Waals surface area contributed by atoms with Crippen molar-refractivity contribution >= 4 is 28.7 Å². The van der Waals surface area contributed by atoms with Crippen molar-refractivity contribution in [2.75, 3.05) is 13.7 Å². The average Bonchev–Trinajstić information content (AvgIpc) is 2.64. The minimum Gasteiger partial charge on any atom is -0.497 e. The normalized spacial score (nSPS) is 11.9. The van der Waals surface area contributed by atoms with Gasteiger partial charge in [0.05, 0.1) is 30.4 Å². The molecule has 0 bridgehead atoms. The summed E-state index contributed by atoms with van der Waals surface area (Å²) in [5.41, 5.74) is 1.56. The Bertz CT molecular complexity index is 895. The number of carbonyl (C=O) groups is 3. The highest BCUT2D eigenvalue weighted by Gasteiger charge is 2.21. The van der Waals surface area contributed by atoms with Gasteiger partial charge < -0.3 is 20.5 Å². The first kappa shape index (κ1) is 21.1. The molecule has 0 fully saturated rings. The molecule has 2 rings (SSSR count). The molecule has 150 valence electrons. The lowest BCUT2D eigenvalue weighted by molar-refractivity contribution is -0.142. The van der Waals surface area contributed by atoms with Gasteiger partial charge >= 0.3 is 5.97 Å². The van der Waals surface area contributed by atoms with E-state index in [1.807, 2.05) is 13.8 Å². The van der Waals surface area contributed by atoms with Crippen molar-refractivity contribution < 1.29 is 24.2 Å². The van der Waals surface area contributed by atoms with Crippen molar-refractivity contribution in [2.45, 2.75) is 33.2 Å². The highest BCUT2D eigenvalue weighted by molar-refractivity contribution is 6.00. The minimum atomic E-state index is -1.10. The second kappa shape index (κ2) is 9.16. The Labute approximate surface area is 163 Å². The predicted molar refractivity (Wildman–Crippen MR) is 104 cm³/mol. The summed E-state index contributed by atoms with van der Waals surface area (Å²) in [5, 5.41) is 14.9. The molecule has 0 spiro atoms. The Morgan fingerprint density at radius 2 is 1.93 bits per heavy atom. The zero-order valence-electron chi connectivity index (χ0n) is 16.4. The predicted octanol–water partition coefficient (Wildman–Crippen LogP) is 1.90. The number of aliphatic carboxylic acids is 1. The van der Waals surface area contributed by atoms with Crippen molar-refractivity contribution in [1.82, 2.24) is 15.6 Å². The molecule has 1 aromatic carbocycles. The van der Waals surface area contributed by atoms with E-state index in [9.17, 15) is 19.5 Å². The number of aromatic nitrogens is 1. The van der Waals surface area contributed by atoms with E-state index in [1.165, 1.54) is 0 Å². The summed E-state index contributed by atoms with van der Waals surface area (Å²) in [4.78, 5) is 40.1. The molecule has 1 heterocycles. The van der Waals surface area contributed by atoms with Crippen molar-refractivity contribution in [3.05, 3.63) is 35.5 Å². The lowest BCUT2D eigenvalue weighted by Crippen LogP contribution is -2.46. The van der Waals surface area contributed by atoms with Crippen LogP contribution >= 0.6 is 0 Å². The van der Waals surface area contributed by atoms with Gasteiger partial charge in [-0.25, -0.2) is 4.79 Å². The summed E-state index contributed by atoms with van der Waals surface area (Å²) in [7, 11) is 1.57. The number of aryl methyl sites for hydroxylation is 1. The van der Waals surface area contributed by atoms with Gasteiger partial charge in [0.1, 0.15) is 11.8 Å². The first-order valence-electron chi connectivity index (χ1n) is 8.97. The Hall–Kier alpha value is -3.16. The number of pyridine rings is 1. The second-order valence-electron chi connectivity index (χ2n) is 6.95. The van der Waals surface area contributed by atoms with Crippen molar-refractivity contribution in [3.63, 3.8) is 0 Å². The van der Waals surface area contributed by atoms with Gasteiger partial charge in [0.2, 0.25) is 5.91 Å². The summed E-state index contributed by atoms with van der Waals surface area (Å²) < 4.78 is 5.17. The molecule has 0 radical (unpaired) electrons. The number of nitrogens with one attached hydrogen (secondary N) is 2. The van der Waals surface area contributed by atoms with Crippen molar-refractivity contribution in [1.29, 1.82) is 0 Å². The molecule has 28 heavy (non-hydrogen) atoms. The van der Waals surface area contributed by atoms with Crippen LogP contribution in [-0.2, 0) is 9.59 Å². The topological polar surface area (TPSA) is 118 Å². The molecule has 8 nitrogen and oxygen atoms in total. The third-order valence-electron chi connectivity index (χ3n) is 4.21. The third kappa shape index (κ3) is 5.42. The van der Waals surface area contributed by atoms with Gasteiger partial charge in [-0.2, -0.15) is 0 Å². The van der Waals surface area contributed by atoms with Gasteiger partial charge in [0.15, 0.2) is 0 Å². The zero-order chi connectivity index (χ0) is 20.8. The smallest absolute Gasteiger partial charge is 0.326 e. The Morgan fingerprint density at radius 1 is 1.21 bits per heavy atom. The molecule has 0 aliphatic carbocycles. The molecule has 3 N–H and O–H groups in total. The molecule has 8 heteroatoms. The van der Waals surface area contributed by atoms with Gasteiger partial charge in [-0.15, -0.1) is 0 Å². The molecule has 0 saturated carbocycles. The van der Waals surface area contributed by atoms with E-state index in [4.69, 9.17) is 4.74 Å². The monoisotopic (exact) mass is 387 g/mol. The lowest BCUT2D eigenvalue weighted by Gasteiger charge is -2.16. The van der Waals surface area contributed by atoms with Gasteiger partial charge in [-0.1, -0.05) is 13.8 Å². The lowest BCUT2D eigenvalue weighted by atomic mass is 10.0. The number of amides is 2. The van der Waals surface area contributed by atoms with E-state index < -0.39 is 23.8 Å². The highest BCUT2D eigenvalue weighted by Crippen LogP contribution is 2.21. The molecule has 1 atom stereocenters. The SMILES string of the molecule is COc1ccc2cc(C(=O)NCC(=O)N[C@@H](CC(C)C)C(=O)O)c(C)nc2c1. The van der Waals surface area contributed by atoms with E-state index in [0.717, 1.165) is 5.39 Å². The maximum absolute atomic E-state index is 12.5. The van der Waals surface area contributed by atoms with Crippen molar-refractivity contribution in [3.8, 4) is 5.75 Å². The van der Waals surface area contributed by atoms with Crippen LogP contribution in [-0.4, -0.2) is 47.6 Å². The van der Waals surface area contributed by atoms with E-state index in [1.54, 1.807) is 38.3 Å². The second-order valence-corrected chi connectivity index (χ2v) is 6.95. The molecule has 0 aliphatic heterocycles.